The van der Waals surface area contributed by atoms with Gasteiger partial charge in [0.2, 0.25) is 17.6 Å². The van der Waals surface area contributed by atoms with Crippen molar-refractivity contribution in [1.82, 2.24) is 25.1 Å². The molecule has 23 heteroatoms. The van der Waals surface area contributed by atoms with Crippen molar-refractivity contribution in [2.24, 2.45) is 35.3 Å². The van der Waals surface area contributed by atoms with Crippen LogP contribution in [0.3, 0.4) is 0 Å². The number of anilines is 1. The maximum atomic E-state index is 14.8. The molecule has 1 aromatic heterocycles. The van der Waals surface area contributed by atoms with Crippen molar-refractivity contribution in [2.45, 2.75) is 205 Å². The minimum absolute atomic E-state index is 0.0435. The number of hydrogen-bond acceptors (Lipinski definition) is 20. The van der Waals surface area contributed by atoms with Gasteiger partial charge in [0.05, 0.1) is 37.4 Å². The van der Waals surface area contributed by atoms with E-state index in [1.807, 2.05) is 67.9 Å². The van der Waals surface area contributed by atoms with Crippen LogP contribution in [0, 0.1) is 29.6 Å². The zero-order chi connectivity index (χ0) is 64.2. The van der Waals surface area contributed by atoms with Crippen LogP contribution in [-0.2, 0) is 63.7 Å². The fourth-order valence-corrected chi connectivity index (χ4v) is 12.8. The highest BCUT2D eigenvalue weighted by Crippen LogP contribution is 2.38. The van der Waals surface area contributed by atoms with Gasteiger partial charge in [-0.1, -0.05) is 64.2 Å². The Morgan fingerprint density at radius 2 is 1.53 bits per heavy atom. The minimum atomic E-state index is -2.47. The van der Waals surface area contributed by atoms with Crippen molar-refractivity contribution in [1.29, 1.82) is 0 Å². The molecule has 0 spiro atoms. The van der Waals surface area contributed by atoms with E-state index in [-0.39, 0.29) is 50.1 Å². The van der Waals surface area contributed by atoms with Gasteiger partial charge in [0, 0.05) is 122 Å². The molecule has 4 fully saturated rings. The lowest BCUT2D eigenvalue weighted by molar-refractivity contribution is -0.265. The SMILES string of the molecule is CCOCCC(=O)N1CCN(c2ncc(CNC(=O)O[C@@H]3CC[C@@H](C[C@@H](N)[C@@H]4C[C@@H](OC)[C@H](C)/C=C(\C)[C@@H](O)[C@@H](O)C(=O)C(C)C[C@H](C)/C=C/C=C/C=C(\C)[C@@H](OC)C[C@@H]5CC[C@@H](C)[C@@](O)(O5)C(=O)C(=O)N5CCCC[C@H]5C(=O)O4)C[C@H]3OC)cn2)CC1. The smallest absolute Gasteiger partial charge is 0.407 e. The van der Waals surface area contributed by atoms with E-state index in [1.165, 1.54) is 12.0 Å². The van der Waals surface area contributed by atoms with Gasteiger partial charge in [0.25, 0.3) is 11.7 Å². The molecule has 6 rings (SSSR count). The number of methoxy groups -OCH3 is 3. The van der Waals surface area contributed by atoms with Crippen LogP contribution in [0.4, 0.5) is 10.7 Å². The number of nitrogens with zero attached hydrogens (tertiary/aromatic N) is 5. The average molecular weight is 1240 g/mol. The molecule has 0 aromatic carbocycles. The van der Waals surface area contributed by atoms with E-state index in [9.17, 15) is 44.1 Å². The zero-order valence-corrected chi connectivity index (χ0v) is 53.6. The van der Waals surface area contributed by atoms with Gasteiger partial charge in [0.15, 0.2) is 5.78 Å². The molecule has 0 radical (unpaired) electrons. The third-order valence-electron chi connectivity index (χ3n) is 18.4. The topological polar surface area (TPSA) is 301 Å². The number of aliphatic hydroxyl groups is 3. The summed E-state index contributed by atoms with van der Waals surface area (Å²) in [5.41, 5.74) is 9.00. The molecule has 1 aliphatic carbocycles. The van der Waals surface area contributed by atoms with Gasteiger partial charge < -0.3 is 74.2 Å². The third-order valence-corrected chi connectivity index (χ3v) is 18.4. The van der Waals surface area contributed by atoms with Gasteiger partial charge >= 0.3 is 12.1 Å². The fourth-order valence-electron chi connectivity index (χ4n) is 12.8. The molecule has 88 heavy (non-hydrogen) atoms. The second kappa shape index (κ2) is 34.6. The number of cyclic esters (lactones) is 1. The van der Waals surface area contributed by atoms with Crippen LogP contribution >= 0.6 is 0 Å². The van der Waals surface area contributed by atoms with E-state index >= 15 is 0 Å². The second-order valence-electron chi connectivity index (χ2n) is 24.9. The lowest BCUT2D eigenvalue weighted by atomic mass is 9.80. The van der Waals surface area contributed by atoms with Crippen molar-refractivity contribution in [3.05, 3.63) is 65.6 Å². The van der Waals surface area contributed by atoms with Crippen molar-refractivity contribution in [3.8, 4) is 0 Å². The molecule has 5 heterocycles. The van der Waals surface area contributed by atoms with Gasteiger partial charge in [-0.3, -0.25) is 19.2 Å². The summed E-state index contributed by atoms with van der Waals surface area (Å²) >= 11 is 0. The van der Waals surface area contributed by atoms with Crippen molar-refractivity contribution < 1.29 is 77.2 Å². The van der Waals surface area contributed by atoms with E-state index in [1.54, 1.807) is 53.5 Å². The first-order valence-corrected chi connectivity index (χ1v) is 31.8. The first-order valence-electron chi connectivity index (χ1n) is 31.8. The van der Waals surface area contributed by atoms with Crippen LogP contribution in [0.25, 0.3) is 0 Å². The number of piperazine rings is 1. The zero-order valence-electron chi connectivity index (χ0n) is 53.6. The highest BCUT2D eigenvalue weighted by Gasteiger charge is 2.53. The summed E-state index contributed by atoms with van der Waals surface area (Å²) in [6.07, 6.45) is 11.6. The Kier molecular flexibility index (Phi) is 28.2. The Morgan fingerprint density at radius 3 is 2.22 bits per heavy atom. The van der Waals surface area contributed by atoms with Crippen LogP contribution in [0.15, 0.2) is 60.0 Å². The third kappa shape index (κ3) is 19.8. The van der Waals surface area contributed by atoms with E-state index < -0.39 is 114 Å². The molecule has 1 aromatic rings. The van der Waals surface area contributed by atoms with Crippen molar-refractivity contribution >= 4 is 41.4 Å². The summed E-state index contributed by atoms with van der Waals surface area (Å²) in [5, 5.41) is 37.6. The van der Waals surface area contributed by atoms with E-state index in [0.717, 1.165) is 5.57 Å². The molecule has 1 unspecified atom stereocenters. The van der Waals surface area contributed by atoms with Crippen molar-refractivity contribution in [3.63, 3.8) is 0 Å². The number of ketones is 2. The number of nitrogens with one attached hydrogen (secondary N) is 1. The Hall–Kier alpha value is -5.50. The summed E-state index contributed by atoms with van der Waals surface area (Å²) in [6.45, 7) is 16.0. The van der Waals surface area contributed by atoms with Crippen molar-refractivity contribution in [2.75, 3.05) is 72.2 Å². The van der Waals surface area contributed by atoms with Crippen LogP contribution in [0.2, 0.25) is 0 Å². The number of aliphatic hydroxyl groups excluding tert-OH is 2. The molecule has 1 saturated carbocycles. The molecule has 3 saturated heterocycles. The number of esters is 1. The number of aromatic nitrogens is 2. The Bertz CT molecular complexity index is 2580. The normalized spacial score (nSPS) is 34.7. The average Bonchev–Trinajstić information content (AvgIpc) is 1.08. The number of hydrogen-bond donors (Lipinski definition) is 5. The summed E-state index contributed by atoms with van der Waals surface area (Å²) in [6, 6.07) is -2.02. The minimum Gasteiger partial charge on any atom is -0.459 e. The fraction of sp³-hybridized carbons (Fsp3) is 0.723. The van der Waals surface area contributed by atoms with Gasteiger partial charge in [0.1, 0.15) is 30.5 Å². The number of fused-ring (bicyclic) bond motifs is 3. The highest BCUT2D eigenvalue weighted by molar-refractivity contribution is 6.39. The van der Waals surface area contributed by atoms with Crippen LogP contribution in [-0.4, -0.2) is 205 Å². The van der Waals surface area contributed by atoms with E-state index in [4.69, 9.17) is 38.9 Å². The number of carbonyl (C=O) groups excluding carboxylic acids is 6. The Labute approximate surface area is 520 Å². The summed E-state index contributed by atoms with van der Waals surface area (Å²) in [5.74, 6) is -7.33. The largest absolute Gasteiger partial charge is 0.459 e. The van der Waals surface area contributed by atoms with Gasteiger partial charge in [-0.05, 0) is 108 Å². The number of rotatable bonds is 14. The van der Waals surface area contributed by atoms with Crippen LogP contribution in [0.1, 0.15) is 138 Å². The number of piperidine rings is 1. The first-order chi connectivity index (χ1) is 42.0. The Morgan fingerprint density at radius 1 is 0.818 bits per heavy atom. The number of amides is 3. The van der Waals surface area contributed by atoms with Gasteiger partial charge in [-0.15, -0.1) is 0 Å². The number of ether oxygens (including phenoxy) is 7. The predicted molar refractivity (Wildman–Crippen MR) is 328 cm³/mol. The maximum absolute atomic E-state index is 14.8. The lowest BCUT2D eigenvalue weighted by Gasteiger charge is -2.43. The number of nitrogens with two attached hydrogens (primary N) is 1. The van der Waals surface area contributed by atoms with Crippen LogP contribution in [0.5, 0.6) is 0 Å². The van der Waals surface area contributed by atoms with Crippen LogP contribution < -0.4 is 16.0 Å². The molecule has 2 bridgehead atoms. The molecule has 23 nitrogen and oxygen atoms in total. The molecule has 3 amide bonds. The summed E-state index contributed by atoms with van der Waals surface area (Å²) in [7, 11) is 4.61. The first kappa shape index (κ1) is 71.6. The molecular formula is C65H101N7O16. The van der Waals surface area contributed by atoms with E-state index in [0.29, 0.717) is 121 Å². The number of allylic oxidation sites excluding steroid dienone is 5. The molecule has 4 aliphatic heterocycles. The molecule has 5 aliphatic rings. The standard InChI is InChI=1S/C65H101N7O16/c1-11-85-30-24-56(73)70-26-28-71(29-27-70)63-67-37-47(38-68-63)39-69-64(80)87-51-23-21-46(34-55(51)84-10)33-49(66)54-36-53(83-9)42(4)32-44(6)58(75)59(76)57(74)43(5)31-40(2)17-13-12-14-18-41(3)52(82-8)35-48-22-20-45(7)65(81,88-48)60(77)61(78)72-25-16-15-19-50(72)62(79)86-54/h12-14,17-18,32,37-38,40,42-43,45-46,48-55,58-59,75-76,81H,11,15-16,19-31,33-36,39,66H2,1-10H3,(H,69,80)/b14-12+,17-13+,41-18+,44-32+/t40-,42-,43?,45-,46+,48+,49-,50+,51-,52+,53-,54+,55-,58-,59+,65-/m1/s1. The number of alkyl carbamates (subject to hydrolysis) is 1. The quantitative estimate of drug-likeness (QED) is 0.0668. The van der Waals surface area contributed by atoms with E-state index in [2.05, 4.69) is 15.3 Å². The van der Waals surface area contributed by atoms with Gasteiger partial charge in [-0.2, -0.15) is 0 Å². The molecular weight excluding hydrogens is 1130 g/mol. The number of Topliss-reactive ketones (excluding diaryl/α,β-unsaturated/α-hetero) is 2. The highest BCUT2D eigenvalue weighted by atomic mass is 16.6. The molecule has 6 N–H and O–H groups in total. The maximum Gasteiger partial charge on any atom is 0.407 e. The molecule has 492 valence electrons. The Balaban J connectivity index is 1.16. The predicted octanol–water partition coefficient (Wildman–Crippen LogP) is 5.46. The van der Waals surface area contributed by atoms with Gasteiger partial charge in [-0.25, -0.2) is 19.6 Å². The number of carbonyl (C=O) groups is 6. The monoisotopic (exact) mass is 1240 g/mol. The molecule has 16 atom stereocenters. The lowest BCUT2D eigenvalue weighted by Crippen LogP contribution is -2.61. The second-order valence-corrected chi connectivity index (χ2v) is 24.9. The summed E-state index contributed by atoms with van der Waals surface area (Å²) < 4.78 is 41.7. The summed E-state index contributed by atoms with van der Waals surface area (Å²) in [4.78, 5) is 97.2.